The summed E-state index contributed by atoms with van der Waals surface area (Å²) in [5, 5.41) is 0. The number of carbonyl (C=O) groups is 1. The molecule has 88 valence electrons. The van der Waals surface area contributed by atoms with Crippen molar-refractivity contribution in [1.82, 2.24) is 0 Å². The lowest BCUT2D eigenvalue weighted by atomic mass is 10.2. The fraction of sp³-hybridized carbons (Fsp3) is 0.727. The summed E-state index contributed by atoms with van der Waals surface area (Å²) in [4.78, 5) is 11.0. The number of thioether (sulfide) groups is 1. The summed E-state index contributed by atoms with van der Waals surface area (Å²) in [6, 6.07) is -0.500. The van der Waals surface area contributed by atoms with Crippen molar-refractivity contribution in [1.29, 1.82) is 0 Å². The zero-order chi connectivity index (χ0) is 11.7. The first-order chi connectivity index (χ1) is 7.11. The van der Waals surface area contributed by atoms with Crippen LogP contribution < -0.4 is 5.73 Å². The average Bonchev–Trinajstić information content (AvgIpc) is 2.23. The average molecular weight is 231 g/mol. The number of nitrogens with two attached hydrogens (primary N) is 1. The Morgan fingerprint density at radius 1 is 1.60 bits per heavy atom. The van der Waals surface area contributed by atoms with E-state index >= 15 is 0 Å². The summed E-state index contributed by atoms with van der Waals surface area (Å²) in [5.74, 6) is 1.19. The van der Waals surface area contributed by atoms with E-state index in [4.69, 9.17) is 5.73 Å². The van der Waals surface area contributed by atoms with Crippen molar-refractivity contribution in [2.45, 2.75) is 32.7 Å². The Morgan fingerprint density at radius 3 is 2.80 bits per heavy atom. The Morgan fingerprint density at radius 2 is 2.27 bits per heavy atom. The van der Waals surface area contributed by atoms with Crippen LogP contribution >= 0.6 is 11.8 Å². The van der Waals surface area contributed by atoms with Gasteiger partial charge in [0.25, 0.3) is 0 Å². The van der Waals surface area contributed by atoms with Gasteiger partial charge in [0.05, 0.1) is 7.11 Å². The maximum atomic E-state index is 11.0. The number of hydrogen-bond donors (Lipinski definition) is 1. The number of rotatable bonds is 7. The van der Waals surface area contributed by atoms with E-state index in [1.807, 2.05) is 0 Å². The molecule has 0 aliphatic heterocycles. The van der Waals surface area contributed by atoms with Gasteiger partial charge in [-0.15, -0.1) is 0 Å². The van der Waals surface area contributed by atoms with Crippen molar-refractivity contribution in [2.24, 2.45) is 5.73 Å². The lowest BCUT2D eigenvalue weighted by molar-refractivity contribution is -0.141. The Balaban J connectivity index is 3.62. The Kier molecular flexibility index (Phi) is 8.52. The summed E-state index contributed by atoms with van der Waals surface area (Å²) in [7, 11) is 1.36. The van der Waals surface area contributed by atoms with Crippen molar-refractivity contribution in [3.63, 3.8) is 0 Å². The molecule has 0 aromatic rings. The van der Waals surface area contributed by atoms with Gasteiger partial charge < -0.3 is 10.5 Å². The van der Waals surface area contributed by atoms with Gasteiger partial charge in [0, 0.05) is 11.5 Å². The smallest absolute Gasteiger partial charge is 0.323 e. The third-order valence-electron chi connectivity index (χ3n) is 2.00. The highest BCUT2D eigenvalue weighted by atomic mass is 32.2. The molecule has 0 aliphatic rings. The molecule has 0 heterocycles. The number of esters is 1. The highest BCUT2D eigenvalue weighted by molar-refractivity contribution is 7.99. The molecule has 0 radical (unpaired) electrons. The first-order valence-corrected chi connectivity index (χ1v) is 6.34. The summed E-state index contributed by atoms with van der Waals surface area (Å²) < 4.78 is 4.54. The molecule has 4 heteroatoms. The van der Waals surface area contributed by atoms with E-state index in [-0.39, 0.29) is 5.97 Å². The lowest BCUT2D eigenvalue weighted by Crippen LogP contribution is -2.33. The van der Waals surface area contributed by atoms with E-state index in [0.29, 0.717) is 5.75 Å². The minimum absolute atomic E-state index is 0.336. The summed E-state index contributed by atoms with van der Waals surface area (Å²) in [5.41, 5.74) is 6.99. The van der Waals surface area contributed by atoms with Crippen LogP contribution in [0.3, 0.4) is 0 Å². The Bertz CT molecular complexity index is 217. The van der Waals surface area contributed by atoms with Gasteiger partial charge in [-0.2, -0.15) is 11.8 Å². The molecular weight excluding hydrogens is 210 g/mol. The van der Waals surface area contributed by atoms with Gasteiger partial charge in [0.2, 0.25) is 0 Å². The first kappa shape index (κ1) is 14.5. The van der Waals surface area contributed by atoms with E-state index < -0.39 is 6.04 Å². The van der Waals surface area contributed by atoms with E-state index in [2.05, 4.69) is 24.7 Å². The number of allylic oxidation sites excluding steroid dienone is 1. The Labute approximate surface area is 96.4 Å². The minimum Gasteiger partial charge on any atom is -0.468 e. The molecule has 3 nitrogen and oxygen atoms in total. The second-order valence-electron chi connectivity index (χ2n) is 3.47. The van der Waals surface area contributed by atoms with Crippen LogP contribution in [-0.4, -0.2) is 30.6 Å². The summed E-state index contributed by atoms with van der Waals surface area (Å²) in [6.07, 6.45) is 4.51. The molecule has 1 atom stereocenters. The zero-order valence-electron chi connectivity index (χ0n) is 9.79. The summed E-state index contributed by atoms with van der Waals surface area (Å²) in [6.45, 7) is 4.29. The highest BCUT2D eigenvalue weighted by Gasteiger charge is 2.12. The van der Waals surface area contributed by atoms with E-state index in [1.165, 1.54) is 19.1 Å². The number of ether oxygens (including phenoxy) is 1. The number of methoxy groups -OCH3 is 1. The third-order valence-corrected chi connectivity index (χ3v) is 2.99. The van der Waals surface area contributed by atoms with Gasteiger partial charge in [-0.05, 0) is 13.3 Å². The maximum Gasteiger partial charge on any atom is 0.323 e. The van der Waals surface area contributed by atoms with Gasteiger partial charge in [-0.25, -0.2) is 0 Å². The molecule has 1 unspecified atom stereocenters. The monoisotopic (exact) mass is 231 g/mol. The van der Waals surface area contributed by atoms with Crippen molar-refractivity contribution in [2.75, 3.05) is 18.6 Å². The van der Waals surface area contributed by atoms with Crippen LogP contribution in [0.25, 0.3) is 0 Å². The molecule has 0 amide bonds. The minimum atomic E-state index is -0.500. The molecule has 0 fully saturated rings. The molecular formula is C11H21NO2S. The normalized spacial score (nSPS) is 13.7. The fourth-order valence-electron chi connectivity index (χ4n) is 1.11. The molecule has 0 aromatic heterocycles. The van der Waals surface area contributed by atoms with Crippen molar-refractivity contribution in [3.05, 3.63) is 11.6 Å². The molecule has 15 heavy (non-hydrogen) atoms. The van der Waals surface area contributed by atoms with Crippen molar-refractivity contribution >= 4 is 17.7 Å². The van der Waals surface area contributed by atoms with E-state index in [0.717, 1.165) is 12.2 Å². The summed E-state index contributed by atoms with van der Waals surface area (Å²) >= 11 is 1.66. The quantitative estimate of drug-likeness (QED) is 0.413. The second-order valence-corrected chi connectivity index (χ2v) is 4.54. The predicted octanol–water partition coefficient (Wildman–Crippen LogP) is 1.97. The van der Waals surface area contributed by atoms with Crippen LogP contribution in [0.5, 0.6) is 0 Å². The zero-order valence-corrected chi connectivity index (χ0v) is 10.6. The number of carbonyl (C=O) groups excluding carboxylic acids is 1. The first-order valence-electron chi connectivity index (χ1n) is 5.18. The molecule has 0 aromatic carbocycles. The van der Waals surface area contributed by atoms with Gasteiger partial charge in [-0.3, -0.25) is 4.79 Å². The SMILES string of the molecule is CCC/C(C)=C/CSCC(N)C(=O)OC. The van der Waals surface area contributed by atoms with E-state index in [1.54, 1.807) is 11.8 Å². The topological polar surface area (TPSA) is 52.3 Å². The van der Waals surface area contributed by atoms with Crippen molar-refractivity contribution in [3.8, 4) is 0 Å². The lowest BCUT2D eigenvalue weighted by Gasteiger charge is -2.07. The molecule has 0 saturated carbocycles. The van der Waals surface area contributed by atoms with Crippen LogP contribution in [0, 0.1) is 0 Å². The van der Waals surface area contributed by atoms with Gasteiger partial charge in [0.1, 0.15) is 6.04 Å². The predicted molar refractivity (Wildman–Crippen MR) is 66.0 cm³/mol. The molecule has 2 N–H and O–H groups in total. The van der Waals surface area contributed by atoms with Crippen LogP contribution in [0.1, 0.15) is 26.7 Å². The second kappa shape index (κ2) is 8.80. The van der Waals surface area contributed by atoms with Gasteiger partial charge >= 0.3 is 5.97 Å². The molecule has 0 aliphatic carbocycles. The molecule has 0 bridgehead atoms. The van der Waals surface area contributed by atoms with Crippen LogP contribution in [0.15, 0.2) is 11.6 Å². The van der Waals surface area contributed by atoms with Gasteiger partial charge in [-0.1, -0.05) is 25.0 Å². The third kappa shape index (κ3) is 7.45. The van der Waals surface area contributed by atoms with Gasteiger partial charge in [0.15, 0.2) is 0 Å². The van der Waals surface area contributed by atoms with Crippen LogP contribution in [0.2, 0.25) is 0 Å². The van der Waals surface area contributed by atoms with Crippen molar-refractivity contribution < 1.29 is 9.53 Å². The molecule has 0 saturated heterocycles. The molecule has 0 rings (SSSR count). The maximum absolute atomic E-state index is 11.0. The van der Waals surface area contributed by atoms with Crippen LogP contribution in [0.4, 0.5) is 0 Å². The standard InChI is InChI=1S/C11H21NO2S/c1-4-5-9(2)6-7-15-8-10(12)11(13)14-3/h6,10H,4-5,7-8,12H2,1-3H3/b9-6+. The highest BCUT2D eigenvalue weighted by Crippen LogP contribution is 2.08. The Hall–Kier alpha value is -0.480. The molecule has 0 spiro atoms. The van der Waals surface area contributed by atoms with Crippen LogP contribution in [-0.2, 0) is 9.53 Å². The largest absolute Gasteiger partial charge is 0.468 e. The number of hydrogen-bond acceptors (Lipinski definition) is 4. The van der Waals surface area contributed by atoms with E-state index in [9.17, 15) is 4.79 Å². The fourth-order valence-corrected chi connectivity index (χ4v) is 2.04.